The first-order valence-electron chi connectivity index (χ1n) is 8.69. The van der Waals surface area contributed by atoms with E-state index >= 15 is 0 Å². The molecule has 0 aliphatic heterocycles. The Morgan fingerprint density at radius 3 is 2.41 bits per heavy atom. The summed E-state index contributed by atoms with van der Waals surface area (Å²) in [6.07, 6.45) is 1.24. The molecule has 1 heterocycles. The van der Waals surface area contributed by atoms with E-state index in [9.17, 15) is 18.4 Å². The number of primary amides is 1. The minimum atomic E-state index is -0.679. The van der Waals surface area contributed by atoms with Crippen molar-refractivity contribution in [3.8, 4) is 11.6 Å². The first-order chi connectivity index (χ1) is 13.9. The number of hydrogen-bond acceptors (Lipinski definition) is 4. The fourth-order valence-electron chi connectivity index (χ4n) is 2.58. The molecule has 0 saturated heterocycles. The molecule has 0 aliphatic rings. The smallest absolute Gasteiger partial charge is 0.248 e. The Bertz CT molecular complexity index is 1020. The number of pyridine rings is 1. The fourth-order valence-corrected chi connectivity index (χ4v) is 2.58. The number of amides is 2. The Morgan fingerprint density at radius 2 is 1.76 bits per heavy atom. The van der Waals surface area contributed by atoms with Crippen molar-refractivity contribution in [2.24, 2.45) is 5.73 Å². The summed E-state index contributed by atoms with van der Waals surface area (Å²) in [7, 11) is 0. The Balaban J connectivity index is 1.57. The molecule has 2 aromatic carbocycles. The monoisotopic (exact) mass is 397 g/mol. The number of carbonyl (C=O) groups excluding carboxylic acids is 2. The van der Waals surface area contributed by atoms with Crippen LogP contribution in [0.2, 0.25) is 0 Å². The Kier molecular flexibility index (Phi) is 6.13. The highest BCUT2D eigenvalue weighted by atomic mass is 19.1. The number of hydrogen-bond donors (Lipinski definition) is 2. The molecule has 0 saturated carbocycles. The predicted octanol–water partition coefficient (Wildman–Crippen LogP) is 3.82. The maximum absolute atomic E-state index is 13.6. The summed E-state index contributed by atoms with van der Waals surface area (Å²) in [4.78, 5) is 27.3. The lowest BCUT2D eigenvalue weighted by atomic mass is 10.1. The molecular formula is C21H17F2N3O3. The third-order valence-corrected chi connectivity index (χ3v) is 4.02. The first kappa shape index (κ1) is 19.9. The zero-order valence-corrected chi connectivity index (χ0v) is 15.2. The summed E-state index contributed by atoms with van der Waals surface area (Å²) < 4.78 is 32.7. The van der Waals surface area contributed by atoms with Gasteiger partial charge in [0.05, 0.1) is 11.9 Å². The molecule has 6 nitrogen and oxygen atoms in total. The zero-order chi connectivity index (χ0) is 20.8. The van der Waals surface area contributed by atoms with E-state index in [0.717, 1.165) is 12.1 Å². The number of nitrogens with zero attached hydrogens (tertiary/aromatic N) is 1. The summed E-state index contributed by atoms with van der Waals surface area (Å²) >= 11 is 0. The van der Waals surface area contributed by atoms with Crippen molar-refractivity contribution in [2.45, 2.75) is 12.8 Å². The minimum absolute atomic E-state index is 0.0604. The third kappa shape index (κ3) is 5.35. The van der Waals surface area contributed by atoms with Gasteiger partial charge in [0.25, 0.3) is 0 Å². The number of ether oxygens (including phenoxy) is 1. The predicted molar refractivity (Wildman–Crippen MR) is 103 cm³/mol. The highest BCUT2D eigenvalue weighted by Crippen LogP contribution is 2.22. The van der Waals surface area contributed by atoms with Crippen LogP contribution in [0.4, 0.5) is 14.5 Å². The molecule has 1 aromatic heterocycles. The molecule has 0 radical (unpaired) electrons. The lowest BCUT2D eigenvalue weighted by Gasteiger charge is -2.08. The maximum atomic E-state index is 13.6. The minimum Gasteiger partial charge on any atom is -0.439 e. The molecule has 0 atom stereocenters. The number of aromatic nitrogens is 1. The Morgan fingerprint density at radius 1 is 1.03 bits per heavy atom. The van der Waals surface area contributed by atoms with Crippen LogP contribution in [-0.2, 0) is 11.2 Å². The zero-order valence-electron chi connectivity index (χ0n) is 15.2. The van der Waals surface area contributed by atoms with Crippen molar-refractivity contribution < 1.29 is 23.1 Å². The SMILES string of the molecule is NC(=O)c1cccc(Oc2ccc(NC(=O)CCc3c(F)cccc3F)cn2)c1. The highest BCUT2D eigenvalue weighted by Gasteiger charge is 2.11. The molecule has 0 bridgehead atoms. The highest BCUT2D eigenvalue weighted by molar-refractivity contribution is 5.93. The van der Waals surface area contributed by atoms with E-state index in [0.29, 0.717) is 17.0 Å². The molecule has 0 spiro atoms. The van der Waals surface area contributed by atoms with Gasteiger partial charge in [0.1, 0.15) is 17.4 Å². The number of nitrogens with one attached hydrogen (secondary N) is 1. The van der Waals surface area contributed by atoms with E-state index in [1.165, 1.54) is 24.4 Å². The van der Waals surface area contributed by atoms with Crippen LogP contribution in [0, 0.1) is 11.6 Å². The Hall–Kier alpha value is -3.81. The van der Waals surface area contributed by atoms with Gasteiger partial charge in [-0.3, -0.25) is 9.59 Å². The van der Waals surface area contributed by atoms with Crippen molar-refractivity contribution in [1.29, 1.82) is 0 Å². The van der Waals surface area contributed by atoms with E-state index in [1.807, 2.05) is 0 Å². The summed E-state index contributed by atoms with van der Waals surface area (Å²) in [5.41, 5.74) is 5.81. The molecular weight excluding hydrogens is 380 g/mol. The lowest BCUT2D eigenvalue weighted by Crippen LogP contribution is -2.13. The second-order valence-electron chi connectivity index (χ2n) is 6.13. The molecule has 3 N–H and O–H groups in total. The van der Waals surface area contributed by atoms with Crippen LogP contribution in [-0.4, -0.2) is 16.8 Å². The second kappa shape index (κ2) is 8.92. The van der Waals surface area contributed by atoms with E-state index in [1.54, 1.807) is 24.3 Å². The molecule has 29 heavy (non-hydrogen) atoms. The molecule has 0 aliphatic carbocycles. The summed E-state index contributed by atoms with van der Waals surface area (Å²) in [5, 5.41) is 2.60. The number of benzene rings is 2. The number of rotatable bonds is 7. The van der Waals surface area contributed by atoms with Gasteiger partial charge in [-0.1, -0.05) is 12.1 Å². The van der Waals surface area contributed by atoms with Gasteiger partial charge in [0, 0.05) is 23.6 Å². The summed E-state index contributed by atoms with van der Waals surface area (Å²) in [6, 6.07) is 13.0. The van der Waals surface area contributed by atoms with E-state index in [-0.39, 0.29) is 24.3 Å². The average molecular weight is 397 g/mol. The first-order valence-corrected chi connectivity index (χ1v) is 8.69. The van der Waals surface area contributed by atoms with Crippen LogP contribution in [0.5, 0.6) is 11.6 Å². The van der Waals surface area contributed by atoms with Crippen LogP contribution in [0.1, 0.15) is 22.3 Å². The lowest BCUT2D eigenvalue weighted by molar-refractivity contribution is -0.116. The summed E-state index contributed by atoms with van der Waals surface area (Å²) in [6.45, 7) is 0. The van der Waals surface area contributed by atoms with Crippen molar-refractivity contribution in [3.63, 3.8) is 0 Å². The van der Waals surface area contributed by atoms with Crippen molar-refractivity contribution in [2.75, 3.05) is 5.32 Å². The van der Waals surface area contributed by atoms with Gasteiger partial charge in [-0.2, -0.15) is 0 Å². The standard InChI is InChI=1S/C21H17F2N3O3/c22-17-5-2-6-18(23)16(17)8-9-19(27)26-14-7-10-20(25-12-14)29-15-4-1-3-13(11-15)21(24)28/h1-7,10-12H,8-9H2,(H2,24,28)(H,26,27). The number of anilines is 1. The van der Waals surface area contributed by atoms with E-state index < -0.39 is 23.4 Å². The molecule has 8 heteroatoms. The number of halogens is 2. The van der Waals surface area contributed by atoms with E-state index in [4.69, 9.17) is 10.5 Å². The van der Waals surface area contributed by atoms with Crippen LogP contribution in [0.25, 0.3) is 0 Å². The van der Waals surface area contributed by atoms with Crippen LogP contribution in [0.3, 0.4) is 0 Å². The van der Waals surface area contributed by atoms with Crippen LogP contribution < -0.4 is 15.8 Å². The maximum Gasteiger partial charge on any atom is 0.248 e. The molecule has 148 valence electrons. The van der Waals surface area contributed by atoms with Crippen LogP contribution >= 0.6 is 0 Å². The van der Waals surface area contributed by atoms with Gasteiger partial charge >= 0.3 is 0 Å². The Labute approximate surface area is 165 Å². The van der Waals surface area contributed by atoms with E-state index in [2.05, 4.69) is 10.3 Å². The molecule has 3 rings (SSSR count). The third-order valence-electron chi connectivity index (χ3n) is 4.02. The summed E-state index contributed by atoms with van der Waals surface area (Å²) in [5.74, 6) is -1.70. The normalized spacial score (nSPS) is 10.4. The topological polar surface area (TPSA) is 94.3 Å². The molecule has 3 aromatic rings. The van der Waals surface area contributed by atoms with Gasteiger partial charge in [-0.25, -0.2) is 13.8 Å². The molecule has 2 amide bonds. The quantitative estimate of drug-likeness (QED) is 0.634. The van der Waals surface area contributed by atoms with Gasteiger partial charge in [0.2, 0.25) is 17.7 Å². The van der Waals surface area contributed by atoms with Gasteiger partial charge in [0.15, 0.2) is 0 Å². The fraction of sp³-hybridized carbons (Fsp3) is 0.0952. The van der Waals surface area contributed by atoms with Gasteiger partial charge < -0.3 is 15.8 Å². The van der Waals surface area contributed by atoms with Crippen molar-refractivity contribution in [3.05, 3.63) is 83.6 Å². The number of nitrogens with two attached hydrogens (primary N) is 1. The van der Waals surface area contributed by atoms with Crippen molar-refractivity contribution >= 4 is 17.5 Å². The molecule has 0 fully saturated rings. The largest absolute Gasteiger partial charge is 0.439 e. The van der Waals surface area contributed by atoms with Crippen molar-refractivity contribution in [1.82, 2.24) is 4.98 Å². The number of carbonyl (C=O) groups is 2. The second-order valence-corrected chi connectivity index (χ2v) is 6.13. The van der Waals surface area contributed by atoms with Gasteiger partial charge in [-0.05, 0) is 42.8 Å². The molecule has 0 unspecified atom stereocenters. The van der Waals surface area contributed by atoms with Gasteiger partial charge in [-0.15, -0.1) is 0 Å². The average Bonchev–Trinajstić information content (AvgIpc) is 2.69. The van der Waals surface area contributed by atoms with Crippen LogP contribution in [0.15, 0.2) is 60.8 Å².